The molecule has 1 aliphatic rings. The summed E-state index contributed by atoms with van der Waals surface area (Å²) in [6.07, 6.45) is 4.48. The van der Waals surface area contributed by atoms with Gasteiger partial charge >= 0.3 is 0 Å². The Hall–Kier alpha value is -0.800. The monoisotopic (exact) mass is 265 g/mol. The van der Waals surface area contributed by atoms with Crippen LogP contribution in [0.1, 0.15) is 18.4 Å². The maximum absolute atomic E-state index is 5.51. The number of rotatable bonds is 3. The van der Waals surface area contributed by atoms with Gasteiger partial charge in [-0.15, -0.1) is 0 Å². The summed E-state index contributed by atoms with van der Waals surface area (Å²) in [4.78, 5) is 0. The highest BCUT2D eigenvalue weighted by Gasteiger charge is 2.21. The molecule has 1 saturated carbocycles. The van der Waals surface area contributed by atoms with Crippen LogP contribution in [0, 0.1) is 0 Å². The van der Waals surface area contributed by atoms with Crippen LogP contribution in [0.4, 0.5) is 0 Å². The second-order valence-electron chi connectivity index (χ2n) is 4.03. The van der Waals surface area contributed by atoms with Crippen LogP contribution in [-0.2, 0) is 6.54 Å². The van der Waals surface area contributed by atoms with Gasteiger partial charge in [-0.1, -0.05) is 22.0 Å². The molecule has 2 nitrogen and oxygen atoms in total. The molecule has 0 saturated heterocycles. The third kappa shape index (κ3) is 1.82. The van der Waals surface area contributed by atoms with Crippen molar-refractivity contribution in [2.75, 3.05) is 0 Å². The van der Waals surface area contributed by atoms with E-state index in [-0.39, 0.29) is 0 Å². The summed E-state index contributed by atoms with van der Waals surface area (Å²) >= 11 is 3.56. The van der Waals surface area contributed by atoms with E-state index in [1.54, 1.807) is 0 Å². The third-order valence-corrected chi connectivity index (χ3v) is 3.44. The molecular formula is C12H12BrNO. The van der Waals surface area contributed by atoms with E-state index >= 15 is 0 Å². The van der Waals surface area contributed by atoms with Crippen molar-refractivity contribution in [3.63, 3.8) is 0 Å². The molecule has 0 atom stereocenters. The lowest BCUT2D eigenvalue weighted by molar-refractivity contribution is 0.601. The molecule has 15 heavy (non-hydrogen) atoms. The lowest BCUT2D eigenvalue weighted by Gasteiger charge is -2.01. The summed E-state index contributed by atoms with van der Waals surface area (Å²) in [7, 11) is 0. The molecule has 0 bridgehead atoms. The average molecular weight is 266 g/mol. The van der Waals surface area contributed by atoms with Gasteiger partial charge < -0.3 is 9.73 Å². The predicted molar refractivity (Wildman–Crippen MR) is 63.8 cm³/mol. The number of nitrogens with one attached hydrogen (secondary N) is 1. The molecule has 3 rings (SSSR count). The first-order chi connectivity index (χ1) is 7.34. The van der Waals surface area contributed by atoms with Crippen molar-refractivity contribution in [2.45, 2.75) is 25.4 Å². The molecule has 1 N–H and O–H groups in total. The van der Waals surface area contributed by atoms with E-state index in [9.17, 15) is 0 Å². The average Bonchev–Trinajstić information content (AvgIpc) is 2.96. The zero-order valence-corrected chi connectivity index (χ0v) is 9.88. The normalized spacial score (nSPS) is 16.1. The van der Waals surface area contributed by atoms with Crippen molar-refractivity contribution in [3.05, 3.63) is 34.5 Å². The second-order valence-corrected chi connectivity index (χ2v) is 4.88. The van der Waals surface area contributed by atoms with E-state index in [0.717, 1.165) is 22.6 Å². The predicted octanol–water partition coefficient (Wildman–Crippen LogP) is 3.45. The van der Waals surface area contributed by atoms with E-state index in [4.69, 9.17) is 4.42 Å². The van der Waals surface area contributed by atoms with Gasteiger partial charge in [-0.2, -0.15) is 0 Å². The third-order valence-electron chi connectivity index (χ3n) is 2.78. The molecule has 1 aliphatic carbocycles. The number of furan rings is 1. The number of hydrogen-bond acceptors (Lipinski definition) is 2. The van der Waals surface area contributed by atoms with Gasteiger partial charge in [0, 0.05) is 28.0 Å². The van der Waals surface area contributed by atoms with Crippen LogP contribution in [0.25, 0.3) is 11.0 Å². The van der Waals surface area contributed by atoms with E-state index in [1.165, 1.54) is 23.8 Å². The van der Waals surface area contributed by atoms with Gasteiger partial charge in [0.2, 0.25) is 0 Å². The van der Waals surface area contributed by atoms with Crippen molar-refractivity contribution in [2.24, 2.45) is 0 Å². The Balaban J connectivity index is 1.94. The molecule has 0 aliphatic heterocycles. The van der Waals surface area contributed by atoms with E-state index in [0.29, 0.717) is 0 Å². The van der Waals surface area contributed by atoms with E-state index in [2.05, 4.69) is 27.3 Å². The summed E-state index contributed by atoms with van der Waals surface area (Å²) in [5, 5.41) is 4.70. The SMILES string of the molecule is Brc1cccc2occ(CNC3CC3)c12. The zero-order valence-electron chi connectivity index (χ0n) is 8.29. The highest BCUT2D eigenvalue weighted by Crippen LogP contribution is 2.29. The minimum atomic E-state index is 0.734. The molecule has 1 fully saturated rings. The van der Waals surface area contributed by atoms with Gasteiger partial charge in [-0.05, 0) is 25.0 Å². The fraction of sp³-hybridized carbons (Fsp3) is 0.333. The Kier molecular flexibility index (Phi) is 2.29. The maximum Gasteiger partial charge on any atom is 0.135 e. The number of halogens is 1. The Labute approximate surface area is 96.8 Å². The summed E-state index contributed by atoms with van der Waals surface area (Å²) in [6.45, 7) is 0.903. The standard InChI is InChI=1S/C12H12BrNO/c13-10-2-1-3-11-12(10)8(7-15-11)6-14-9-4-5-9/h1-3,7,9,14H,4-6H2. The lowest BCUT2D eigenvalue weighted by Crippen LogP contribution is -2.14. The molecule has 0 unspecified atom stereocenters. The summed E-state index contributed by atoms with van der Waals surface area (Å²) in [5.41, 5.74) is 2.20. The highest BCUT2D eigenvalue weighted by molar-refractivity contribution is 9.10. The van der Waals surface area contributed by atoms with E-state index in [1.807, 2.05) is 18.4 Å². The summed E-state index contributed by atoms with van der Waals surface area (Å²) in [5.74, 6) is 0. The Morgan fingerprint density at radius 3 is 3.07 bits per heavy atom. The maximum atomic E-state index is 5.51. The van der Waals surface area contributed by atoms with Crippen LogP contribution in [0.3, 0.4) is 0 Å². The van der Waals surface area contributed by atoms with Crippen molar-refractivity contribution >= 4 is 26.9 Å². The van der Waals surface area contributed by atoms with Crippen LogP contribution >= 0.6 is 15.9 Å². The first-order valence-corrected chi connectivity index (χ1v) is 6.02. The molecule has 3 heteroatoms. The van der Waals surface area contributed by atoms with Crippen LogP contribution < -0.4 is 5.32 Å². The number of benzene rings is 1. The fourth-order valence-corrected chi connectivity index (χ4v) is 2.38. The minimum Gasteiger partial charge on any atom is -0.464 e. The molecule has 1 aromatic heterocycles. The molecule has 0 spiro atoms. The Morgan fingerprint density at radius 2 is 2.27 bits per heavy atom. The van der Waals surface area contributed by atoms with E-state index < -0.39 is 0 Å². The molecule has 0 amide bonds. The quantitative estimate of drug-likeness (QED) is 0.920. The van der Waals surface area contributed by atoms with Crippen LogP contribution in [0.2, 0.25) is 0 Å². The molecule has 1 heterocycles. The topological polar surface area (TPSA) is 25.2 Å². The molecule has 0 radical (unpaired) electrons. The smallest absolute Gasteiger partial charge is 0.135 e. The van der Waals surface area contributed by atoms with Crippen molar-refractivity contribution in [1.29, 1.82) is 0 Å². The molecule has 1 aromatic carbocycles. The van der Waals surface area contributed by atoms with Gasteiger partial charge in [0.25, 0.3) is 0 Å². The van der Waals surface area contributed by atoms with Crippen molar-refractivity contribution < 1.29 is 4.42 Å². The highest BCUT2D eigenvalue weighted by atomic mass is 79.9. The van der Waals surface area contributed by atoms with Crippen molar-refractivity contribution in [3.8, 4) is 0 Å². The molecule has 78 valence electrons. The number of fused-ring (bicyclic) bond motifs is 1. The van der Waals surface area contributed by atoms with Gasteiger partial charge in [-0.25, -0.2) is 0 Å². The van der Waals surface area contributed by atoms with Gasteiger partial charge in [-0.3, -0.25) is 0 Å². The molecular weight excluding hydrogens is 254 g/mol. The number of hydrogen-bond donors (Lipinski definition) is 1. The van der Waals surface area contributed by atoms with Crippen LogP contribution in [0.5, 0.6) is 0 Å². The first kappa shape index (κ1) is 9.43. The van der Waals surface area contributed by atoms with Crippen LogP contribution in [0.15, 0.2) is 33.4 Å². The Bertz CT molecular complexity index is 487. The minimum absolute atomic E-state index is 0.734. The Morgan fingerprint density at radius 1 is 1.40 bits per heavy atom. The lowest BCUT2D eigenvalue weighted by atomic mass is 10.2. The fourth-order valence-electron chi connectivity index (χ4n) is 1.78. The van der Waals surface area contributed by atoms with Gasteiger partial charge in [0.05, 0.1) is 6.26 Å². The van der Waals surface area contributed by atoms with Gasteiger partial charge in [0.15, 0.2) is 0 Å². The second kappa shape index (κ2) is 3.65. The van der Waals surface area contributed by atoms with Gasteiger partial charge in [0.1, 0.15) is 5.58 Å². The van der Waals surface area contributed by atoms with Crippen molar-refractivity contribution in [1.82, 2.24) is 5.32 Å². The summed E-state index contributed by atoms with van der Waals surface area (Å²) < 4.78 is 6.62. The zero-order chi connectivity index (χ0) is 10.3. The molecule has 2 aromatic rings. The first-order valence-electron chi connectivity index (χ1n) is 5.22. The largest absolute Gasteiger partial charge is 0.464 e. The van der Waals surface area contributed by atoms with Crippen LogP contribution in [-0.4, -0.2) is 6.04 Å². The summed E-state index contributed by atoms with van der Waals surface area (Å²) in [6, 6.07) is 6.78.